The molecule has 120 valence electrons. The quantitative estimate of drug-likeness (QED) is 0.390. The van der Waals surface area contributed by atoms with Gasteiger partial charge in [-0.05, 0) is 5.92 Å². The van der Waals surface area contributed by atoms with Gasteiger partial charge in [0.1, 0.15) is 6.54 Å². The normalized spacial score (nSPS) is 13.9. The number of hydrogen-bond acceptors (Lipinski definition) is 4. The number of carbonyl (C=O) groups is 3. The molecule has 1 unspecified atom stereocenters. The number of aliphatic carboxylic acids is 2. The number of quaternary nitrogens is 1. The third kappa shape index (κ3) is 8.80. The van der Waals surface area contributed by atoms with Crippen molar-refractivity contribution in [2.45, 2.75) is 26.4 Å². The molecule has 0 aromatic heterocycles. The molecule has 0 bridgehead atoms. The van der Waals surface area contributed by atoms with Gasteiger partial charge in [-0.15, -0.1) is 0 Å². The first-order valence-corrected chi connectivity index (χ1v) is 6.60. The summed E-state index contributed by atoms with van der Waals surface area (Å²) in [7, 11) is 5.53. The number of rotatable bonds is 8. The van der Waals surface area contributed by atoms with E-state index in [1.165, 1.54) is 0 Å². The molecule has 21 heavy (non-hydrogen) atoms. The molecule has 0 spiro atoms. The van der Waals surface area contributed by atoms with Crippen molar-refractivity contribution in [2.24, 2.45) is 5.92 Å². The van der Waals surface area contributed by atoms with Gasteiger partial charge in [0.05, 0.1) is 27.6 Å². The fourth-order valence-corrected chi connectivity index (χ4v) is 1.75. The van der Waals surface area contributed by atoms with Crippen LogP contribution in [0, 0.1) is 5.92 Å². The average molecular weight is 302 g/mol. The molecule has 0 heterocycles. The summed E-state index contributed by atoms with van der Waals surface area (Å²) in [6.07, 6.45) is -0.218. The largest absolute Gasteiger partial charge is 0.481 e. The molecule has 1 atom stereocenters. The van der Waals surface area contributed by atoms with Gasteiger partial charge in [0.2, 0.25) is 0 Å². The zero-order valence-corrected chi connectivity index (χ0v) is 13.1. The Hall–Kier alpha value is -1.89. The molecule has 0 fully saturated rings. The van der Waals surface area contributed by atoms with Gasteiger partial charge in [-0.2, -0.15) is 0 Å². The van der Waals surface area contributed by atoms with E-state index in [2.05, 4.69) is 0 Å². The van der Waals surface area contributed by atoms with E-state index in [1.807, 2.05) is 21.1 Å². The van der Waals surface area contributed by atoms with Crippen LogP contribution in [-0.2, 0) is 19.1 Å². The minimum absolute atomic E-state index is 0.0701. The Morgan fingerprint density at radius 3 is 2.00 bits per heavy atom. The van der Waals surface area contributed by atoms with Crippen LogP contribution in [-0.4, -0.2) is 66.4 Å². The van der Waals surface area contributed by atoms with Crippen molar-refractivity contribution < 1.29 is 33.8 Å². The Morgan fingerprint density at radius 1 is 1.14 bits per heavy atom. The monoisotopic (exact) mass is 302 g/mol. The van der Waals surface area contributed by atoms with E-state index in [0.717, 1.165) is 6.08 Å². The van der Waals surface area contributed by atoms with Crippen LogP contribution in [0.15, 0.2) is 11.6 Å². The second-order valence-electron chi connectivity index (χ2n) is 6.19. The second kappa shape index (κ2) is 7.78. The second-order valence-corrected chi connectivity index (χ2v) is 6.19. The molecule has 0 rings (SSSR count). The van der Waals surface area contributed by atoms with Crippen molar-refractivity contribution >= 4 is 17.9 Å². The van der Waals surface area contributed by atoms with Gasteiger partial charge < -0.3 is 19.4 Å². The van der Waals surface area contributed by atoms with Crippen molar-refractivity contribution in [1.82, 2.24) is 0 Å². The van der Waals surface area contributed by atoms with E-state index < -0.39 is 24.0 Å². The SMILES string of the molecule is CC(C)/C(=C\C(=O)OC(CC(=O)O)C[N+](C)(C)C)C(=O)O. The number of carboxylic acids is 2. The maximum atomic E-state index is 11.8. The van der Waals surface area contributed by atoms with Crippen molar-refractivity contribution in [3.63, 3.8) is 0 Å². The highest BCUT2D eigenvalue weighted by atomic mass is 16.5. The van der Waals surface area contributed by atoms with Crippen LogP contribution in [0.5, 0.6) is 0 Å². The lowest BCUT2D eigenvalue weighted by atomic mass is 10.0. The van der Waals surface area contributed by atoms with Crippen LogP contribution >= 0.6 is 0 Å². The van der Waals surface area contributed by atoms with Crippen molar-refractivity contribution in [3.05, 3.63) is 11.6 Å². The summed E-state index contributed by atoms with van der Waals surface area (Å²) < 4.78 is 5.51. The fraction of sp³-hybridized carbons (Fsp3) is 0.643. The summed E-state index contributed by atoms with van der Waals surface area (Å²) in [6, 6.07) is 0. The lowest BCUT2D eigenvalue weighted by Gasteiger charge is -2.28. The van der Waals surface area contributed by atoms with Crippen LogP contribution < -0.4 is 0 Å². The van der Waals surface area contributed by atoms with Crippen LogP contribution in [0.25, 0.3) is 0 Å². The highest BCUT2D eigenvalue weighted by Gasteiger charge is 2.25. The zero-order chi connectivity index (χ0) is 16.8. The fourth-order valence-electron chi connectivity index (χ4n) is 1.75. The molecule has 0 radical (unpaired) electrons. The van der Waals surface area contributed by atoms with Crippen LogP contribution in [0.4, 0.5) is 0 Å². The Morgan fingerprint density at radius 2 is 1.67 bits per heavy atom. The number of carbonyl (C=O) groups excluding carboxylic acids is 1. The molecule has 0 aliphatic carbocycles. The number of esters is 1. The van der Waals surface area contributed by atoms with Crippen molar-refractivity contribution in [3.8, 4) is 0 Å². The average Bonchev–Trinajstić information content (AvgIpc) is 2.21. The number of likely N-dealkylation sites (N-methyl/N-ethyl adjacent to an activating group) is 1. The van der Waals surface area contributed by atoms with Gasteiger partial charge in [0.25, 0.3) is 0 Å². The minimum Gasteiger partial charge on any atom is -0.481 e. The van der Waals surface area contributed by atoms with Gasteiger partial charge in [-0.3, -0.25) is 4.79 Å². The van der Waals surface area contributed by atoms with Gasteiger partial charge in [-0.25, -0.2) is 9.59 Å². The molecule has 0 aliphatic rings. The summed E-state index contributed by atoms with van der Waals surface area (Å²) in [4.78, 5) is 33.6. The number of nitrogens with zero attached hydrogens (tertiary/aromatic N) is 1. The Kier molecular flexibility index (Phi) is 7.08. The molecular formula is C14H24NO6+. The maximum absolute atomic E-state index is 11.8. The van der Waals surface area contributed by atoms with E-state index in [4.69, 9.17) is 14.9 Å². The molecule has 0 aliphatic heterocycles. The molecular weight excluding hydrogens is 278 g/mol. The van der Waals surface area contributed by atoms with E-state index in [1.54, 1.807) is 13.8 Å². The Bertz CT molecular complexity index is 433. The summed E-state index contributed by atoms with van der Waals surface area (Å²) >= 11 is 0. The van der Waals surface area contributed by atoms with E-state index >= 15 is 0 Å². The lowest BCUT2D eigenvalue weighted by molar-refractivity contribution is -0.873. The highest BCUT2D eigenvalue weighted by molar-refractivity contribution is 5.95. The highest BCUT2D eigenvalue weighted by Crippen LogP contribution is 2.11. The molecule has 0 saturated carbocycles. The van der Waals surface area contributed by atoms with Crippen LogP contribution in [0.1, 0.15) is 20.3 Å². The predicted molar refractivity (Wildman–Crippen MR) is 75.6 cm³/mol. The number of ether oxygens (including phenoxy) is 1. The van der Waals surface area contributed by atoms with Crippen molar-refractivity contribution in [1.29, 1.82) is 0 Å². The van der Waals surface area contributed by atoms with Crippen LogP contribution in [0.2, 0.25) is 0 Å². The summed E-state index contributed by atoms with van der Waals surface area (Å²) in [6.45, 7) is 3.61. The van der Waals surface area contributed by atoms with Crippen molar-refractivity contribution in [2.75, 3.05) is 27.7 Å². The molecule has 2 N–H and O–H groups in total. The first-order valence-electron chi connectivity index (χ1n) is 6.60. The lowest BCUT2D eigenvalue weighted by Crippen LogP contribution is -2.43. The standard InChI is InChI=1S/C14H23NO6/c1-9(2)11(14(19)20)7-13(18)21-10(6-12(16)17)8-15(3,4)5/h7,9-10H,6,8H2,1-5H3,(H-,16,17,19,20)/p+1/b11-7+. The zero-order valence-electron chi connectivity index (χ0n) is 13.1. The van der Waals surface area contributed by atoms with Crippen LogP contribution in [0.3, 0.4) is 0 Å². The third-order valence-corrected chi connectivity index (χ3v) is 2.58. The minimum atomic E-state index is -1.19. The first kappa shape index (κ1) is 19.1. The first-order chi connectivity index (χ1) is 9.42. The Balaban J connectivity index is 4.99. The van der Waals surface area contributed by atoms with E-state index in [0.29, 0.717) is 11.0 Å². The van der Waals surface area contributed by atoms with E-state index in [-0.39, 0.29) is 17.9 Å². The molecule has 7 nitrogen and oxygen atoms in total. The Labute approximate surface area is 124 Å². The van der Waals surface area contributed by atoms with Gasteiger partial charge >= 0.3 is 17.9 Å². The summed E-state index contributed by atoms with van der Waals surface area (Å²) in [5.41, 5.74) is -0.0701. The smallest absolute Gasteiger partial charge is 0.332 e. The maximum Gasteiger partial charge on any atom is 0.332 e. The predicted octanol–water partition coefficient (Wildman–Crippen LogP) is 0.746. The third-order valence-electron chi connectivity index (χ3n) is 2.58. The van der Waals surface area contributed by atoms with Gasteiger partial charge in [-0.1, -0.05) is 13.8 Å². The molecule has 0 amide bonds. The summed E-state index contributed by atoms with van der Waals surface area (Å²) in [5.74, 6) is -3.44. The van der Waals surface area contributed by atoms with Gasteiger partial charge in [0.15, 0.2) is 6.10 Å². The molecule has 0 saturated heterocycles. The summed E-state index contributed by atoms with van der Waals surface area (Å²) in [5, 5.41) is 17.8. The number of carboxylic acid groups (broad SMARTS) is 2. The number of hydrogen-bond donors (Lipinski definition) is 2. The van der Waals surface area contributed by atoms with E-state index in [9.17, 15) is 14.4 Å². The molecule has 0 aromatic rings. The van der Waals surface area contributed by atoms with Gasteiger partial charge in [0, 0.05) is 11.6 Å². The topological polar surface area (TPSA) is 101 Å². The molecule has 7 heteroatoms. The molecule has 0 aromatic carbocycles.